The molecule has 1 N–H and O–H groups in total. The van der Waals surface area contributed by atoms with Gasteiger partial charge in [0.25, 0.3) is 5.56 Å². The zero-order valence-corrected chi connectivity index (χ0v) is 13.4. The molecule has 0 fully saturated rings. The van der Waals surface area contributed by atoms with Crippen LogP contribution in [0.1, 0.15) is 30.9 Å². The highest BCUT2D eigenvalue weighted by atomic mass is 16.3. The predicted molar refractivity (Wildman–Crippen MR) is 92.4 cm³/mol. The standard InChI is InChI=1S/C19H20N2O2/c1-3-4-9-15-17(22)14-10-7-12-20-18(14)21(19(15)23)16-11-6-5-8-13(16)2/h5-8,10-12,22H,3-4,9H2,1-2H3. The lowest BCUT2D eigenvalue weighted by molar-refractivity contribution is 0.470. The van der Waals surface area contributed by atoms with E-state index in [9.17, 15) is 9.90 Å². The van der Waals surface area contributed by atoms with Crippen molar-refractivity contribution in [3.63, 3.8) is 0 Å². The van der Waals surface area contributed by atoms with Gasteiger partial charge in [-0.3, -0.25) is 9.36 Å². The van der Waals surface area contributed by atoms with E-state index in [2.05, 4.69) is 11.9 Å². The van der Waals surface area contributed by atoms with Gasteiger partial charge in [0.15, 0.2) is 5.65 Å². The smallest absolute Gasteiger partial charge is 0.263 e. The Labute approximate surface area is 135 Å². The Bertz CT molecular complexity index is 913. The fraction of sp³-hybridized carbons (Fsp3) is 0.263. The van der Waals surface area contributed by atoms with Crippen LogP contribution in [0.15, 0.2) is 47.4 Å². The zero-order valence-electron chi connectivity index (χ0n) is 13.4. The lowest BCUT2D eigenvalue weighted by Gasteiger charge is -2.15. The molecule has 0 aliphatic rings. The van der Waals surface area contributed by atoms with Gasteiger partial charge in [0.2, 0.25) is 0 Å². The molecule has 118 valence electrons. The number of fused-ring (bicyclic) bond motifs is 1. The number of aryl methyl sites for hydroxylation is 1. The normalized spacial score (nSPS) is 11.0. The topological polar surface area (TPSA) is 55.1 Å². The minimum atomic E-state index is -0.184. The van der Waals surface area contributed by atoms with Gasteiger partial charge in [-0.25, -0.2) is 4.98 Å². The van der Waals surface area contributed by atoms with Crippen LogP contribution in [0.25, 0.3) is 16.7 Å². The lowest BCUT2D eigenvalue weighted by atomic mass is 10.1. The van der Waals surface area contributed by atoms with Gasteiger partial charge in [0.05, 0.1) is 16.6 Å². The van der Waals surface area contributed by atoms with E-state index < -0.39 is 0 Å². The maximum atomic E-state index is 13.0. The van der Waals surface area contributed by atoms with E-state index in [1.807, 2.05) is 31.2 Å². The number of aromatic hydroxyl groups is 1. The summed E-state index contributed by atoms with van der Waals surface area (Å²) in [5.74, 6) is 0.0661. The van der Waals surface area contributed by atoms with Crippen molar-refractivity contribution in [2.45, 2.75) is 33.1 Å². The van der Waals surface area contributed by atoms with Gasteiger partial charge in [-0.2, -0.15) is 0 Å². The molecule has 2 aromatic heterocycles. The van der Waals surface area contributed by atoms with Gasteiger partial charge in [-0.1, -0.05) is 31.5 Å². The number of aromatic nitrogens is 2. The predicted octanol–water partition coefficient (Wildman–Crippen LogP) is 3.74. The Morgan fingerprint density at radius 1 is 1.17 bits per heavy atom. The summed E-state index contributed by atoms with van der Waals surface area (Å²) >= 11 is 0. The molecule has 3 rings (SSSR count). The number of para-hydroxylation sites is 1. The number of hydrogen-bond acceptors (Lipinski definition) is 3. The highest BCUT2D eigenvalue weighted by molar-refractivity contribution is 5.84. The van der Waals surface area contributed by atoms with Gasteiger partial charge < -0.3 is 5.11 Å². The number of pyridine rings is 2. The van der Waals surface area contributed by atoms with E-state index in [-0.39, 0.29) is 11.3 Å². The molecular formula is C19H20N2O2. The second-order valence-electron chi connectivity index (χ2n) is 5.73. The lowest BCUT2D eigenvalue weighted by Crippen LogP contribution is -2.24. The first-order valence-corrected chi connectivity index (χ1v) is 7.92. The van der Waals surface area contributed by atoms with Crippen LogP contribution in [0.2, 0.25) is 0 Å². The average Bonchev–Trinajstić information content (AvgIpc) is 2.56. The van der Waals surface area contributed by atoms with Gasteiger partial charge in [0.1, 0.15) is 5.75 Å². The van der Waals surface area contributed by atoms with Crippen molar-refractivity contribution in [1.82, 2.24) is 9.55 Å². The monoisotopic (exact) mass is 308 g/mol. The summed E-state index contributed by atoms with van der Waals surface area (Å²) in [6.07, 6.45) is 4.04. The minimum Gasteiger partial charge on any atom is -0.507 e. The molecule has 1 aromatic carbocycles. The van der Waals surface area contributed by atoms with Gasteiger partial charge in [-0.15, -0.1) is 0 Å². The molecule has 2 heterocycles. The summed E-state index contributed by atoms with van der Waals surface area (Å²) in [6.45, 7) is 4.04. The summed E-state index contributed by atoms with van der Waals surface area (Å²) in [5.41, 5.74) is 2.57. The van der Waals surface area contributed by atoms with Crippen molar-refractivity contribution in [2.24, 2.45) is 0 Å². The van der Waals surface area contributed by atoms with Crippen LogP contribution in [0, 0.1) is 6.92 Å². The maximum absolute atomic E-state index is 13.0. The molecule has 0 amide bonds. The Balaban J connectivity index is 2.41. The number of unbranched alkanes of at least 4 members (excludes halogenated alkanes) is 1. The fourth-order valence-corrected chi connectivity index (χ4v) is 2.87. The maximum Gasteiger partial charge on any atom is 0.263 e. The molecule has 0 bridgehead atoms. The van der Waals surface area contributed by atoms with Crippen LogP contribution in [0.5, 0.6) is 5.75 Å². The molecule has 0 spiro atoms. The second kappa shape index (κ2) is 6.24. The third-order valence-corrected chi connectivity index (χ3v) is 4.14. The second-order valence-corrected chi connectivity index (χ2v) is 5.73. The van der Waals surface area contributed by atoms with E-state index in [1.165, 1.54) is 0 Å². The summed E-state index contributed by atoms with van der Waals surface area (Å²) in [5, 5.41) is 11.2. The average molecular weight is 308 g/mol. The molecule has 0 radical (unpaired) electrons. The Morgan fingerprint density at radius 2 is 1.96 bits per heavy atom. The van der Waals surface area contributed by atoms with Gasteiger partial charge in [0, 0.05) is 6.20 Å². The SMILES string of the molecule is CCCCc1c(O)c2cccnc2n(-c2ccccc2C)c1=O. The molecule has 4 heteroatoms. The first-order chi connectivity index (χ1) is 11.1. The van der Waals surface area contributed by atoms with Crippen LogP contribution in [0.4, 0.5) is 0 Å². The summed E-state index contributed by atoms with van der Waals surface area (Å²) in [6, 6.07) is 11.3. The first kappa shape index (κ1) is 15.3. The van der Waals surface area contributed by atoms with Crippen LogP contribution >= 0.6 is 0 Å². The number of rotatable bonds is 4. The van der Waals surface area contributed by atoms with Crippen LogP contribution in [-0.2, 0) is 6.42 Å². The van der Waals surface area contributed by atoms with Crippen molar-refractivity contribution in [3.05, 3.63) is 64.1 Å². The molecule has 0 saturated heterocycles. The summed E-state index contributed by atoms with van der Waals surface area (Å²) in [4.78, 5) is 17.4. The van der Waals surface area contributed by atoms with E-state index >= 15 is 0 Å². The third kappa shape index (κ3) is 2.61. The van der Waals surface area contributed by atoms with E-state index in [4.69, 9.17) is 0 Å². The molecule has 0 atom stereocenters. The molecule has 0 aliphatic heterocycles. The highest BCUT2D eigenvalue weighted by Gasteiger charge is 2.18. The molecule has 0 saturated carbocycles. The molecule has 0 unspecified atom stereocenters. The van der Waals surface area contributed by atoms with E-state index in [0.29, 0.717) is 23.0 Å². The largest absolute Gasteiger partial charge is 0.507 e. The zero-order chi connectivity index (χ0) is 16.4. The van der Waals surface area contributed by atoms with Crippen LogP contribution in [0.3, 0.4) is 0 Å². The quantitative estimate of drug-likeness (QED) is 0.798. The Morgan fingerprint density at radius 3 is 2.70 bits per heavy atom. The molecule has 4 nitrogen and oxygen atoms in total. The summed E-state index contributed by atoms with van der Waals surface area (Å²) < 4.78 is 1.62. The van der Waals surface area contributed by atoms with E-state index in [1.54, 1.807) is 22.9 Å². The highest BCUT2D eigenvalue weighted by Crippen LogP contribution is 2.28. The molecule has 0 aliphatic carbocycles. The fourth-order valence-electron chi connectivity index (χ4n) is 2.87. The van der Waals surface area contributed by atoms with Gasteiger partial charge >= 0.3 is 0 Å². The summed E-state index contributed by atoms with van der Waals surface area (Å²) in [7, 11) is 0. The third-order valence-electron chi connectivity index (χ3n) is 4.14. The van der Waals surface area contributed by atoms with E-state index in [0.717, 1.165) is 24.1 Å². The molecule has 23 heavy (non-hydrogen) atoms. The first-order valence-electron chi connectivity index (χ1n) is 7.92. The van der Waals surface area contributed by atoms with Crippen molar-refractivity contribution in [1.29, 1.82) is 0 Å². The Kier molecular flexibility index (Phi) is 4.15. The van der Waals surface area contributed by atoms with Crippen LogP contribution < -0.4 is 5.56 Å². The molecular weight excluding hydrogens is 288 g/mol. The number of benzene rings is 1. The Hall–Kier alpha value is -2.62. The van der Waals surface area contributed by atoms with Gasteiger partial charge in [-0.05, 0) is 43.5 Å². The number of nitrogens with zero attached hydrogens (tertiary/aromatic N) is 2. The molecule has 3 aromatic rings. The van der Waals surface area contributed by atoms with Crippen LogP contribution in [-0.4, -0.2) is 14.7 Å². The number of hydrogen-bond donors (Lipinski definition) is 1. The van der Waals surface area contributed by atoms with Crippen molar-refractivity contribution in [2.75, 3.05) is 0 Å². The van der Waals surface area contributed by atoms with Crippen molar-refractivity contribution < 1.29 is 5.11 Å². The van der Waals surface area contributed by atoms with Crippen molar-refractivity contribution >= 4 is 11.0 Å². The minimum absolute atomic E-state index is 0.0661. The van der Waals surface area contributed by atoms with Crippen molar-refractivity contribution in [3.8, 4) is 11.4 Å².